The number of hydrogen-bond donors (Lipinski definition) is 1. The van der Waals surface area contributed by atoms with Crippen LogP contribution >= 0.6 is 11.6 Å². The molecule has 1 N–H and O–H groups in total. The van der Waals surface area contributed by atoms with Crippen molar-refractivity contribution < 1.29 is 28.6 Å². The molecule has 2 rings (SSSR count). The Morgan fingerprint density at radius 1 is 1.00 bits per heavy atom. The van der Waals surface area contributed by atoms with Crippen LogP contribution in [0.5, 0.6) is 0 Å². The molecule has 1 heterocycles. The molecule has 4 atom stereocenters. The molecule has 0 aliphatic carbocycles. The first kappa shape index (κ1) is 19.2. The fraction of sp³-hybridized carbons (Fsp3) is 0.471. The molecule has 0 radical (unpaired) electrons. The lowest BCUT2D eigenvalue weighted by molar-refractivity contribution is -0.160. The number of esters is 3. The van der Waals surface area contributed by atoms with Crippen molar-refractivity contribution in [2.75, 3.05) is 20.8 Å². The number of nitrogens with one attached hydrogen (secondary N) is 1. The van der Waals surface area contributed by atoms with Crippen LogP contribution in [0, 0.1) is 11.8 Å². The maximum Gasteiger partial charge on any atom is 0.324 e. The van der Waals surface area contributed by atoms with Crippen molar-refractivity contribution in [2.24, 2.45) is 11.8 Å². The van der Waals surface area contributed by atoms with Crippen molar-refractivity contribution in [1.29, 1.82) is 0 Å². The number of methoxy groups -OCH3 is 2. The number of carbonyl (C=O) groups is 3. The minimum Gasteiger partial charge on any atom is -0.469 e. The molecule has 0 saturated carbocycles. The van der Waals surface area contributed by atoms with Crippen LogP contribution < -0.4 is 5.32 Å². The second kappa shape index (κ2) is 8.31. The molecule has 0 amide bonds. The number of rotatable bonds is 5. The van der Waals surface area contributed by atoms with E-state index in [1.807, 2.05) is 0 Å². The van der Waals surface area contributed by atoms with Crippen molar-refractivity contribution in [1.82, 2.24) is 5.32 Å². The maximum absolute atomic E-state index is 12.4. The highest BCUT2D eigenvalue weighted by atomic mass is 35.5. The minimum atomic E-state index is -1.06. The molecule has 7 nitrogen and oxygen atoms in total. The van der Waals surface area contributed by atoms with E-state index in [9.17, 15) is 14.4 Å². The SMILES string of the molecule is CCOC(=O)[C@H]1N[C@@H](c2ccc(Cl)cc2)[C@@H](C(=O)OC)[C@H]1C(=O)OC. The first-order chi connectivity index (χ1) is 11.9. The topological polar surface area (TPSA) is 90.9 Å². The molecule has 1 aliphatic heterocycles. The van der Waals surface area contributed by atoms with Crippen molar-refractivity contribution in [2.45, 2.75) is 19.0 Å². The van der Waals surface area contributed by atoms with E-state index < -0.39 is 41.8 Å². The average molecular weight is 370 g/mol. The van der Waals surface area contributed by atoms with Crippen molar-refractivity contribution in [3.8, 4) is 0 Å². The molecule has 8 heteroatoms. The highest BCUT2D eigenvalue weighted by Gasteiger charge is 2.55. The van der Waals surface area contributed by atoms with Crippen LogP contribution in [0.2, 0.25) is 5.02 Å². The van der Waals surface area contributed by atoms with Crippen LogP contribution in [0.3, 0.4) is 0 Å². The van der Waals surface area contributed by atoms with Gasteiger partial charge in [0.2, 0.25) is 0 Å². The molecule has 0 spiro atoms. The summed E-state index contributed by atoms with van der Waals surface area (Å²) in [5.41, 5.74) is 0.695. The van der Waals surface area contributed by atoms with E-state index in [1.165, 1.54) is 14.2 Å². The Labute approximate surface area is 150 Å². The molecule has 0 unspecified atom stereocenters. The fourth-order valence-corrected chi connectivity index (χ4v) is 3.20. The monoisotopic (exact) mass is 369 g/mol. The Kier molecular flexibility index (Phi) is 6.39. The first-order valence-electron chi connectivity index (χ1n) is 7.78. The zero-order chi connectivity index (χ0) is 18.6. The molecular weight excluding hydrogens is 350 g/mol. The fourth-order valence-electron chi connectivity index (χ4n) is 3.07. The largest absolute Gasteiger partial charge is 0.469 e. The van der Waals surface area contributed by atoms with Gasteiger partial charge in [0.05, 0.1) is 32.7 Å². The van der Waals surface area contributed by atoms with E-state index in [0.717, 1.165) is 0 Å². The molecule has 25 heavy (non-hydrogen) atoms. The lowest BCUT2D eigenvalue weighted by Crippen LogP contribution is -2.42. The number of halogens is 1. The van der Waals surface area contributed by atoms with Crippen LogP contribution in [0.1, 0.15) is 18.5 Å². The van der Waals surface area contributed by atoms with Gasteiger partial charge in [-0.1, -0.05) is 23.7 Å². The number of carbonyl (C=O) groups excluding carboxylic acids is 3. The third kappa shape index (κ3) is 3.93. The quantitative estimate of drug-likeness (QED) is 0.621. The molecule has 1 saturated heterocycles. The highest BCUT2D eigenvalue weighted by molar-refractivity contribution is 6.30. The van der Waals surface area contributed by atoms with Gasteiger partial charge in [-0.25, -0.2) is 0 Å². The van der Waals surface area contributed by atoms with Crippen LogP contribution in [-0.4, -0.2) is 44.8 Å². The normalized spacial score (nSPS) is 25.3. The minimum absolute atomic E-state index is 0.152. The number of benzene rings is 1. The lowest BCUT2D eigenvalue weighted by Gasteiger charge is -2.21. The lowest BCUT2D eigenvalue weighted by atomic mass is 9.84. The summed E-state index contributed by atoms with van der Waals surface area (Å²) < 4.78 is 14.7. The predicted molar refractivity (Wildman–Crippen MR) is 88.8 cm³/mol. The molecule has 0 aromatic heterocycles. The second-order valence-corrected chi connectivity index (χ2v) is 5.96. The Bertz CT molecular complexity index is 647. The van der Waals surface area contributed by atoms with Gasteiger partial charge in [0.25, 0.3) is 0 Å². The van der Waals surface area contributed by atoms with E-state index in [1.54, 1.807) is 31.2 Å². The smallest absolute Gasteiger partial charge is 0.324 e. The second-order valence-electron chi connectivity index (χ2n) is 5.52. The van der Waals surface area contributed by atoms with Gasteiger partial charge in [0.15, 0.2) is 0 Å². The van der Waals surface area contributed by atoms with Crippen LogP contribution in [-0.2, 0) is 28.6 Å². The summed E-state index contributed by atoms with van der Waals surface area (Å²) >= 11 is 5.91. The number of ether oxygens (including phenoxy) is 3. The van der Waals surface area contributed by atoms with Gasteiger partial charge < -0.3 is 14.2 Å². The van der Waals surface area contributed by atoms with Gasteiger partial charge in [0, 0.05) is 11.1 Å². The van der Waals surface area contributed by atoms with E-state index in [-0.39, 0.29) is 6.61 Å². The number of hydrogen-bond acceptors (Lipinski definition) is 7. The van der Waals surface area contributed by atoms with E-state index in [4.69, 9.17) is 25.8 Å². The van der Waals surface area contributed by atoms with Crippen LogP contribution in [0.25, 0.3) is 0 Å². The zero-order valence-corrected chi connectivity index (χ0v) is 14.9. The highest BCUT2D eigenvalue weighted by Crippen LogP contribution is 2.39. The summed E-state index contributed by atoms with van der Waals surface area (Å²) in [4.78, 5) is 37.0. The third-order valence-corrected chi connectivity index (χ3v) is 4.43. The van der Waals surface area contributed by atoms with E-state index in [2.05, 4.69) is 5.32 Å². The van der Waals surface area contributed by atoms with Crippen molar-refractivity contribution in [3.63, 3.8) is 0 Å². The first-order valence-corrected chi connectivity index (χ1v) is 8.16. The van der Waals surface area contributed by atoms with Gasteiger partial charge >= 0.3 is 17.9 Å². The Hall–Kier alpha value is -2.12. The average Bonchev–Trinajstić information content (AvgIpc) is 3.01. The zero-order valence-electron chi connectivity index (χ0n) is 14.2. The van der Waals surface area contributed by atoms with Gasteiger partial charge in [-0.2, -0.15) is 0 Å². The van der Waals surface area contributed by atoms with Crippen molar-refractivity contribution in [3.05, 3.63) is 34.9 Å². The predicted octanol–water partition coefficient (Wildman–Crippen LogP) is 1.49. The van der Waals surface area contributed by atoms with Crippen LogP contribution in [0.4, 0.5) is 0 Å². The standard InChI is InChI=1S/C17H20ClNO6/c1-4-25-17(22)14-12(16(21)24-3)11(15(20)23-2)13(19-14)9-5-7-10(18)8-6-9/h5-8,11-14,19H,4H2,1-3H3/t11-,12+,13-,14-/m0/s1. The Morgan fingerprint density at radius 3 is 2.08 bits per heavy atom. The molecule has 1 aliphatic rings. The molecule has 1 aromatic rings. The van der Waals surface area contributed by atoms with Gasteiger partial charge in [-0.15, -0.1) is 0 Å². The summed E-state index contributed by atoms with van der Waals surface area (Å²) in [6.45, 7) is 1.81. The Balaban J connectivity index is 2.46. The molecule has 1 fully saturated rings. The molecule has 1 aromatic carbocycles. The summed E-state index contributed by atoms with van der Waals surface area (Å²) in [6, 6.07) is 5.13. The van der Waals surface area contributed by atoms with Crippen molar-refractivity contribution >= 4 is 29.5 Å². The third-order valence-electron chi connectivity index (χ3n) is 4.18. The summed E-state index contributed by atoms with van der Waals surface area (Å²) in [7, 11) is 2.43. The van der Waals surface area contributed by atoms with E-state index >= 15 is 0 Å². The van der Waals surface area contributed by atoms with Gasteiger partial charge in [0.1, 0.15) is 6.04 Å². The summed E-state index contributed by atoms with van der Waals surface area (Å²) in [6.07, 6.45) is 0. The van der Waals surface area contributed by atoms with E-state index in [0.29, 0.717) is 10.6 Å². The Morgan fingerprint density at radius 2 is 1.56 bits per heavy atom. The van der Waals surface area contributed by atoms with Gasteiger partial charge in [-0.05, 0) is 24.6 Å². The maximum atomic E-state index is 12.4. The van der Waals surface area contributed by atoms with Gasteiger partial charge in [-0.3, -0.25) is 19.7 Å². The molecule has 136 valence electrons. The summed E-state index contributed by atoms with van der Waals surface area (Å²) in [5.74, 6) is -3.92. The van der Waals surface area contributed by atoms with Crippen LogP contribution in [0.15, 0.2) is 24.3 Å². The molecule has 0 bridgehead atoms. The molecular formula is C17H20ClNO6. The summed E-state index contributed by atoms with van der Waals surface area (Å²) in [5, 5.41) is 3.55.